The zero-order valence-corrected chi connectivity index (χ0v) is 18.7. The van der Waals surface area contributed by atoms with E-state index in [0.29, 0.717) is 17.9 Å². The summed E-state index contributed by atoms with van der Waals surface area (Å²) >= 11 is 1.59. The number of nitrogens with one attached hydrogen (secondary N) is 1. The Bertz CT molecular complexity index is 1080. The van der Waals surface area contributed by atoms with E-state index in [1.54, 1.807) is 18.0 Å². The van der Waals surface area contributed by atoms with Crippen molar-refractivity contribution in [3.8, 4) is 0 Å². The summed E-state index contributed by atoms with van der Waals surface area (Å²) in [7, 11) is 0. The second-order valence-corrected chi connectivity index (χ2v) is 9.01. The van der Waals surface area contributed by atoms with Crippen molar-refractivity contribution in [1.82, 2.24) is 10.2 Å². The number of rotatable bonds is 6. The highest BCUT2D eigenvalue weighted by Gasteiger charge is 2.33. The molecule has 1 saturated heterocycles. The molecular formula is C25H26N2O3S. The molecule has 0 aliphatic carbocycles. The summed E-state index contributed by atoms with van der Waals surface area (Å²) < 4.78 is 5.41. The fraction of sp³-hybridized carbons (Fsp3) is 0.280. The number of thioether (sulfide) groups is 1. The van der Waals surface area contributed by atoms with Crippen LogP contribution in [0.15, 0.2) is 65.3 Å². The fourth-order valence-corrected chi connectivity index (χ4v) is 5.04. The molecule has 1 aliphatic heterocycles. The number of benzene rings is 2. The third-order valence-electron chi connectivity index (χ3n) is 5.58. The van der Waals surface area contributed by atoms with Crippen molar-refractivity contribution >= 4 is 23.6 Å². The Morgan fingerprint density at radius 2 is 1.97 bits per heavy atom. The highest BCUT2D eigenvalue weighted by Crippen LogP contribution is 2.39. The minimum Gasteiger partial charge on any atom is -0.467 e. The lowest BCUT2D eigenvalue weighted by Crippen LogP contribution is -2.28. The topological polar surface area (TPSA) is 62.6 Å². The van der Waals surface area contributed by atoms with Gasteiger partial charge in [-0.15, -0.1) is 11.8 Å². The molecular weight excluding hydrogens is 408 g/mol. The molecule has 4 rings (SSSR count). The summed E-state index contributed by atoms with van der Waals surface area (Å²) in [4.78, 5) is 27.0. The van der Waals surface area contributed by atoms with Gasteiger partial charge in [0.25, 0.3) is 5.91 Å². The first-order valence-electron chi connectivity index (χ1n) is 10.3. The molecule has 1 N–H and O–H groups in total. The van der Waals surface area contributed by atoms with E-state index in [1.165, 1.54) is 5.56 Å². The van der Waals surface area contributed by atoms with Crippen molar-refractivity contribution in [3.05, 3.63) is 94.4 Å². The van der Waals surface area contributed by atoms with Gasteiger partial charge >= 0.3 is 0 Å². The third-order valence-corrected chi connectivity index (χ3v) is 6.84. The number of amides is 2. The molecule has 2 amide bonds. The second kappa shape index (κ2) is 9.02. The predicted molar refractivity (Wildman–Crippen MR) is 123 cm³/mol. The van der Waals surface area contributed by atoms with Crippen LogP contribution >= 0.6 is 11.8 Å². The number of carbonyl (C=O) groups excluding carboxylic acids is 2. The molecule has 1 aromatic heterocycles. The number of aryl methyl sites for hydroxylation is 2. The molecule has 6 heteroatoms. The molecule has 1 aliphatic rings. The second-order valence-electron chi connectivity index (χ2n) is 7.94. The SMILES string of the molecule is Cc1ccc(C)c([C@H](C)NC(=O)c2ccc([C@H]3SCC(=O)N3Cc3ccco3)cc2)c1. The van der Waals surface area contributed by atoms with Gasteiger partial charge in [0.05, 0.1) is 24.6 Å². The van der Waals surface area contributed by atoms with Crippen LogP contribution in [0, 0.1) is 13.8 Å². The molecule has 3 aromatic rings. The largest absolute Gasteiger partial charge is 0.467 e. The van der Waals surface area contributed by atoms with Gasteiger partial charge in [0.15, 0.2) is 0 Å². The fourth-order valence-electron chi connectivity index (χ4n) is 3.85. The molecule has 2 heterocycles. The summed E-state index contributed by atoms with van der Waals surface area (Å²) in [6.45, 7) is 6.55. The highest BCUT2D eigenvalue weighted by molar-refractivity contribution is 8.00. The van der Waals surface area contributed by atoms with Gasteiger partial charge in [-0.2, -0.15) is 0 Å². The van der Waals surface area contributed by atoms with Gasteiger partial charge in [-0.1, -0.05) is 35.9 Å². The average Bonchev–Trinajstić information content (AvgIpc) is 3.40. The van der Waals surface area contributed by atoms with Gasteiger partial charge in [0.2, 0.25) is 5.91 Å². The Balaban J connectivity index is 1.45. The van der Waals surface area contributed by atoms with Crippen molar-refractivity contribution in [2.45, 2.75) is 38.7 Å². The summed E-state index contributed by atoms with van der Waals surface area (Å²) in [6.07, 6.45) is 1.62. The van der Waals surface area contributed by atoms with Crippen LogP contribution in [0.25, 0.3) is 0 Å². The van der Waals surface area contributed by atoms with Gasteiger partial charge in [-0.05, 0) is 61.7 Å². The maximum Gasteiger partial charge on any atom is 0.251 e. The molecule has 5 nitrogen and oxygen atoms in total. The third kappa shape index (κ3) is 4.69. The minimum atomic E-state index is -0.109. The predicted octanol–water partition coefficient (Wildman–Crippen LogP) is 5.16. The Morgan fingerprint density at radius 1 is 1.19 bits per heavy atom. The lowest BCUT2D eigenvalue weighted by molar-refractivity contribution is -0.128. The molecule has 0 unspecified atom stereocenters. The quantitative estimate of drug-likeness (QED) is 0.582. The number of furan rings is 1. The van der Waals surface area contributed by atoms with Gasteiger partial charge in [-0.25, -0.2) is 0 Å². The molecule has 31 heavy (non-hydrogen) atoms. The van der Waals surface area contributed by atoms with Crippen LogP contribution in [0.3, 0.4) is 0 Å². The van der Waals surface area contributed by atoms with E-state index in [9.17, 15) is 9.59 Å². The van der Waals surface area contributed by atoms with Gasteiger partial charge in [0, 0.05) is 5.56 Å². The van der Waals surface area contributed by atoms with Gasteiger partial charge in [-0.3, -0.25) is 9.59 Å². The molecule has 0 bridgehead atoms. The number of hydrogen-bond donors (Lipinski definition) is 1. The number of carbonyl (C=O) groups is 2. The lowest BCUT2D eigenvalue weighted by Gasteiger charge is -2.23. The first-order valence-corrected chi connectivity index (χ1v) is 11.4. The Hall–Kier alpha value is -2.99. The van der Waals surface area contributed by atoms with Gasteiger partial charge < -0.3 is 14.6 Å². The van der Waals surface area contributed by atoms with E-state index in [2.05, 4.69) is 37.4 Å². The average molecular weight is 435 g/mol. The molecule has 0 radical (unpaired) electrons. The minimum absolute atomic E-state index is 0.0800. The van der Waals surface area contributed by atoms with E-state index >= 15 is 0 Å². The van der Waals surface area contributed by atoms with E-state index in [-0.39, 0.29) is 23.2 Å². The zero-order chi connectivity index (χ0) is 22.0. The maximum absolute atomic E-state index is 12.8. The van der Waals surface area contributed by atoms with Gasteiger partial charge in [0.1, 0.15) is 11.1 Å². The van der Waals surface area contributed by atoms with E-state index in [4.69, 9.17) is 4.42 Å². The molecule has 160 valence electrons. The smallest absolute Gasteiger partial charge is 0.251 e. The van der Waals surface area contributed by atoms with E-state index in [0.717, 1.165) is 22.5 Å². The Morgan fingerprint density at radius 3 is 2.68 bits per heavy atom. The normalized spacial score (nSPS) is 17.1. The van der Waals surface area contributed by atoms with Crippen LogP contribution in [-0.2, 0) is 11.3 Å². The van der Waals surface area contributed by atoms with Crippen molar-refractivity contribution in [3.63, 3.8) is 0 Å². The van der Waals surface area contributed by atoms with Crippen LogP contribution in [0.1, 0.15) is 56.7 Å². The van der Waals surface area contributed by atoms with E-state index in [1.807, 2.05) is 48.2 Å². The molecule has 2 aromatic carbocycles. The molecule has 0 spiro atoms. The number of nitrogens with zero attached hydrogens (tertiary/aromatic N) is 1. The van der Waals surface area contributed by atoms with Crippen molar-refractivity contribution in [2.24, 2.45) is 0 Å². The molecule has 1 fully saturated rings. The van der Waals surface area contributed by atoms with Crippen molar-refractivity contribution in [2.75, 3.05) is 5.75 Å². The Kier molecular flexibility index (Phi) is 6.18. The summed E-state index contributed by atoms with van der Waals surface area (Å²) in [6, 6.07) is 17.4. The molecule has 0 saturated carbocycles. The van der Waals surface area contributed by atoms with Crippen LogP contribution < -0.4 is 5.32 Å². The first-order chi connectivity index (χ1) is 14.9. The van der Waals surface area contributed by atoms with Crippen LogP contribution in [-0.4, -0.2) is 22.5 Å². The highest BCUT2D eigenvalue weighted by atomic mass is 32.2. The van der Waals surface area contributed by atoms with Crippen molar-refractivity contribution < 1.29 is 14.0 Å². The monoisotopic (exact) mass is 434 g/mol. The zero-order valence-electron chi connectivity index (χ0n) is 17.9. The number of hydrogen-bond acceptors (Lipinski definition) is 4. The Labute approximate surface area is 186 Å². The summed E-state index contributed by atoms with van der Waals surface area (Å²) in [5, 5.41) is 3.01. The van der Waals surface area contributed by atoms with Crippen LogP contribution in [0.5, 0.6) is 0 Å². The molecule has 2 atom stereocenters. The summed E-state index contributed by atoms with van der Waals surface area (Å²) in [5.74, 6) is 1.19. The maximum atomic E-state index is 12.8. The van der Waals surface area contributed by atoms with Crippen LogP contribution in [0.4, 0.5) is 0 Å². The standard InChI is InChI=1S/C25H26N2O3S/c1-16-6-7-17(2)22(13-16)18(3)26-24(29)19-8-10-20(11-9-19)25-27(23(28)15-31-25)14-21-5-4-12-30-21/h4-13,18,25H,14-15H2,1-3H3,(H,26,29)/t18-,25+/m0/s1. The summed E-state index contributed by atoms with van der Waals surface area (Å²) in [5.41, 5.74) is 5.07. The van der Waals surface area contributed by atoms with E-state index < -0.39 is 0 Å². The first kappa shape index (κ1) is 21.2. The van der Waals surface area contributed by atoms with Crippen molar-refractivity contribution in [1.29, 1.82) is 0 Å². The lowest BCUT2D eigenvalue weighted by atomic mass is 9.99. The van der Waals surface area contributed by atoms with Crippen LogP contribution in [0.2, 0.25) is 0 Å².